The summed E-state index contributed by atoms with van der Waals surface area (Å²) in [6.07, 6.45) is 0.407. The zero-order chi connectivity index (χ0) is 12.7. The van der Waals surface area contributed by atoms with Gasteiger partial charge < -0.3 is 19.7 Å². The molecule has 0 fully saturated rings. The maximum atomic E-state index is 10.9. The van der Waals surface area contributed by atoms with Crippen LogP contribution in [0.1, 0.15) is 6.42 Å². The molecule has 1 aromatic carbocycles. The number of carbonyl (C=O) groups is 1. The van der Waals surface area contributed by atoms with Crippen LogP contribution in [0.25, 0.3) is 0 Å². The van der Waals surface area contributed by atoms with E-state index < -0.39 is 11.9 Å². The van der Waals surface area contributed by atoms with Crippen LogP contribution in [0.3, 0.4) is 0 Å². The number of carboxylic acids is 1. The number of aromatic hydroxyl groups is 1. The van der Waals surface area contributed by atoms with Crippen molar-refractivity contribution in [3.8, 4) is 11.5 Å². The van der Waals surface area contributed by atoms with Crippen LogP contribution >= 0.6 is 0 Å². The predicted octanol–water partition coefficient (Wildman–Crippen LogP) is 1.51. The average molecular weight is 240 g/mol. The molecule has 0 aliphatic rings. The molecule has 0 aliphatic carbocycles. The van der Waals surface area contributed by atoms with Gasteiger partial charge in [0.1, 0.15) is 18.1 Å². The van der Waals surface area contributed by atoms with E-state index in [0.717, 1.165) is 0 Å². The lowest BCUT2D eigenvalue weighted by Gasteiger charge is -2.13. The predicted molar refractivity (Wildman–Crippen MR) is 61.2 cm³/mol. The molecule has 5 nitrogen and oxygen atoms in total. The number of methoxy groups -OCH3 is 1. The smallest absolute Gasteiger partial charge is 0.310 e. The number of rotatable bonds is 7. The Kier molecular flexibility index (Phi) is 5.29. The van der Waals surface area contributed by atoms with Gasteiger partial charge in [-0.2, -0.15) is 0 Å². The average Bonchev–Trinajstić information content (AvgIpc) is 2.31. The number of phenolic OH excluding ortho intramolecular Hbond substituents is 1. The highest BCUT2D eigenvalue weighted by atomic mass is 16.5. The van der Waals surface area contributed by atoms with Crippen molar-refractivity contribution >= 4 is 5.97 Å². The highest BCUT2D eigenvalue weighted by Gasteiger charge is 2.17. The van der Waals surface area contributed by atoms with Crippen LogP contribution < -0.4 is 4.74 Å². The van der Waals surface area contributed by atoms with Gasteiger partial charge in [0.15, 0.2) is 0 Å². The minimum atomic E-state index is -0.902. The van der Waals surface area contributed by atoms with E-state index in [1.807, 2.05) is 0 Å². The first kappa shape index (κ1) is 13.3. The molecule has 5 heteroatoms. The van der Waals surface area contributed by atoms with E-state index >= 15 is 0 Å². The second-order valence-corrected chi connectivity index (χ2v) is 3.62. The number of carboxylic acid groups (broad SMARTS) is 1. The lowest BCUT2D eigenvalue weighted by Crippen LogP contribution is -2.23. The fourth-order valence-corrected chi connectivity index (χ4v) is 1.28. The van der Waals surface area contributed by atoms with Crippen molar-refractivity contribution in [2.45, 2.75) is 6.42 Å². The molecule has 1 unspecified atom stereocenters. The lowest BCUT2D eigenvalue weighted by atomic mass is 10.1. The molecule has 1 rings (SSSR count). The van der Waals surface area contributed by atoms with Crippen molar-refractivity contribution in [2.75, 3.05) is 20.3 Å². The number of aliphatic carboxylic acids is 1. The van der Waals surface area contributed by atoms with Crippen molar-refractivity contribution in [3.05, 3.63) is 24.3 Å². The van der Waals surface area contributed by atoms with Gasteiger partial charge in [-0.15, -0.1) is 0 Å². The van der Waals surface area contributed by atoms with Crippen LogP contribution in [0.2, 0.25) is 0 Å². The van der Waals surface area contributed by atoms with E-state index in [9.17, 15) is 4.79 Å². The minimum absolute atomic E-state index is 0.0868. The first-order chi connectivity index (χ1) is 8.13. The maximum Gasteiger partial charge on any atom is 0.310 e. The van der Waals surface area contributed by atoms with Gasteiger partial charge in [-0.25, -0.2) is 0 Å². The quantitative estimate of drug-likeness (QED) is 0.755. The number of hydrogen-bond donors (Lipinski definition) is 2. The molecule has 0 aromatic heterocycles. The van der Waals surface area contributed by atoms with E-state index in [1.165, 1.54) is 19.2 Å². The maximum absolute atomic E-state index is 10.9. The zero-order valence-corrected chi connectivity index (χ0v) is 9.63. The van der Waals surface area contributed by atoms with Crippen molar-refractivity contribution in [2.24, 2.45) is 5.92 Å². The SMILES string of the molecule is COCCC(COc1ccc(O)cc1)C(=O)O. The standard InChI is InChI=1S/C12H16O5/c1-16-7-6-9(12(14)15)8-17-11-4-2-10(13)3-5-11/h2-5,9,13H,6-8H2,1H3,(H,14,15). The number of hydrogen-bond acceptors (Lipinski definition) is 4. The number of benzene rings is 1. The number of phenols is 1. The summed E-state index contributed by atoms with van der Waals surface area (Å²) in [6.45, 7) is 0.472. The van der Waals surface area contributed by atoms with Crippen molar-refractivity contribution in [3.63, 3.8) is 0 Å². The first-order valence-electron chi connectivity index (χ1n) is 5.27. The molecule has 17 heavy (non-hydrogen) atoms. The Morgan fingerprint density at radius 2 is 2.00 bits per heavy atom. The van der Waals surface area contributed by atoms with Gasteiger partial charge in [0, 0.05) is 13.7 Å². The van der Waals surface area contributed by atoms with Gasteiger partial charge in [-0.3, -0.25) is 4.79 Å². The molecule has 1 aromatic rings. The van der Waals surface area contributed by atoms with E-state index in [-0.39, 0.29) is 12.4 Å². The monoisotopic (exact) mass is 240 g/mol. The molecule has 0 saturated heterocycles. The molecule has 0 radical (unpaired) electrons. The van der Waals surface area contributed by atoms with Crippen molar-refractivity contribution < 1.29 is 24.5 Å². The molecular formula is C12H16O5. The third-order valence-electron chi connectivity index (χ3n) is 2.31. The van der Waals surface area contributed by atoms with Gasteiger partial charge in [0.05, 0.1) is 5.92 Å². The third-order valence-corrected chi connectivity index (χ3v) is 2.31. The van der Waals surface area contributed by atoms with Crippen molar-refractivity contribution in [1.82, 2.24) is 0 Å². The number of ether oxygens (including phenoxy) is 2. The summed E-state index contributed by atoms with van der Waals surface area (Å²) in [5.74, 6) is -0.817. The van der Waals surface area contributed by atoms with Gasteiger partial charge >= 0.3 is 5.97 Å². The molecule has 0 heterocycles. The van der Waals surface area contributed by atoms with Crippen molar-refractivity contribution in [1.29, 1.82) is 0 Å². The zero-order valence-electron chi connectivity index (χ0n) is 9.63. The van der Waals surface area contributed by atoms with Crippen LogP contribution in [-0.2, 0) is 9.53 Å². The lowest BCUT2D eigenvalue weighted by molar-refractivity contribution is -0.143. The highest BCUT2D eigenvalue weighted by Crippen LogP contribution is 2.17. The first-order valence-corrected chi connectivity index (χ1v) is 5.27. The highest BCUT2D eigenvalue weighted by molar-refractivity contribution is 5.70. The van der Waals surface area contributed by atoms with Crippen LogP contribution in [0, 0.1) is 5.92 Å². The van der Waals surface area contributed by atoms with E-state index in [4.69, 9.17) is 19.7 Å². The van der Waals surface area contributed by atoms with Crippen LogP contribution in [0.5, 0.6) is 11.5 Å². The minimum Gasteiger partial charge on any atom is -0.508 e. The summed E-state index contributed by atoms with van der Waals surface area (Å²) in [4.78, 5) is 10.9. The summed E-state index contributed by atoms with van der Waals surface area (Å²) in [6, 6.07) is 6.15. The summed E-state index contributed by atoms with van der Waals surface area (Å²) >= 11 is 0. The van der Waals surface area contributed by atoms with E-state index in [2.05, 4.69) is 0 Å². The van der Waals surface area contributed by atoms with E-state index in [0.29, 0.717) is 18.8 Å². The van der Waals surface area contributed by atoms with Crippen LogP contribution in [0.15, 0.2) is 24.3 Å². The van der Waals surface area contributed by atoms with Gasteiger partial charge in [0.2, 0.25) is 0 Å². The van der Waals surface area contributed by atoms with Crippen LogP contribution in [0.4, 0.5) is 0 Å². The van der Waals surface area contributed by atoms with Gasteiger partial charge in [0.25, 0.3) is 0 Å². The summed E-state index contributed by atoms with van der Waals surface area (Å²) < 4.78 is 10.2. The summed E-state index contributed by atoms with van der Waals surface area (Å²) in [5.41, 5.74) is 0. The second kappa shape index (κ2) is 6.75. The Hall–Kier alpha value is -1.75. The molecule has 0 bridgehead atoms. The Morgan fingerprint density at radius 1 is 1.35 bits per heavy atom. The molecule has 0 spiro atoms. The molecular weight excluding hydrogens is 224 g/mol. The fraction of sp³-hybridized carbons (Fsp3) is 0.417. The van der Waals surface area contributed by atoms with Gasteiger partial charge in [-0.1, -0.05) is 0 Å². The molecule has 2 N–H and O–H groups in total. The topological polar surface area (TPSA) is 76.0 Å². The Balaban J connectivity index is 2.45. The molecule has 1 atom stereocenters. The normalized spacial score (nSPS) is 12.1. The molecule has 0 amide bonds. The summed E-state index contributed by atoms with van der Waals surface area (Å²) in [7, 11) is 1.53. The molecule has 0 saturated carbocycles. The van der Waals surface area contributed by atoms with E-state index in [1.54, 1.807) is 12.1 Å². The third kappa shape index (κ3) is 4.74. The molecule has 0 aliphatic heterocycles. The molecule has 94 valence electrons. The summed E-state index contributed by atoms with van der Waals surface area (Å²) in [5, 5.41) is 18.0. The fourth-order valence-electron chi connectivity index (χ4n) is 1.28. The second-order valence-electron chi connectivity index (χ2n) is 3.62. The Labute approximate surface area is 99.6 Å². The largest absolute Gasteiger partial charge is 0.508 e. The Morgan fingerprint density at radius 3 is 2.53 bits per heavy atom. The van der Waals surface area contributed by atoms with Gasteiger partial charge in [-0.05, 0) is 30.7 Å². The Bertz CT molecular complexity index is 346. The van der Waals surface area contributed by atoms with Crippen LogP contribution in [-0.4, -0.2) is 36.5 Å².